The van der Waals surface area contributed by atoms with Crippen molar-refractivity contribution < 1.29 is 9.53 Å². The first-order valence-electron chi connectivity index (χ1n) is 8.72. The molecule has 1 heterocycles. The van der Waals surface area contributed by atoms with Crippen LogP contribution < -0.4 is 10.1 Å². The average molecular weight is 402 g/mol. The molecule has 0 radical (unpaired) electrons. The lowest BCUT2D eigenvalue weighted by Gasteiger charge is -2.18. The number of anilines is 1. The molecule has 0 saturated carbocycles. The molecule has 146 valence electrons. The Morgan fingerprint density at radius 3 is 2.54 bits per heavy atom. The van der Waals surface area contributed by atoms with Crippen LogP contribution in [-0.2, 0) is 4.79 Å². The number of unbranched alkanes of at least 4 members (excludes halogenated alkanes) is 1. The van der Waals surface area contributed by atoms with Gasteiger partial charge in [0.1, 0.15) is 11.3 Å². The Morgan fingerprint density at radius 1 is 1.15 bits per heavy atom. The Morgan fingerprint density at radius 2 is 1.88 bits per heavy atom. The van der Waals surface area contributed by atoms with Crippen molar-refractivity contribution in [2.24, 2.45) is 0 Å². The fraction of sp³-hybridized carbons (Fsp3) is 0.474. The molecule has 1 aromatic heterocycles. The lowest BCUT2D eigenvalue weighted by atomic mass is 10.1. The Hall–Kier alpha value is -1.56. The van der Waals surface area contributed by atoms with Crippen LogP contribution in [0.1, 0.15) is 33.6 Å². The number of ether oxygens (including phenoxy) is 1. The first-order valence-corrected chi connectivity index (χ1v) is 8.72. The van der Waals surface area contributed by atoms with Crippen LogP contribution in [0.3, 0.4) is 0 Å². The molecule has 0 spiro atoms. The molecule has 0 aliphatic rings. The van der Waals surface area contributed by atoms with Crippen molar-refractivity contribution in [1.29, 1.82) is 0 Å². The molecular formula is C19H29Cl2N3O2. The summed E-state index contributed by atoms with van der Waals surface area (Å²) in [4.78, 5) is 18.8. The largest absolute Gasteiger partial charge is 0.491 e. The Bertz CT molecular complexity index is 679. The molecule has 0 aliphatic heterocycles. The minimum Gasteiger partial charge on any atom is -0.491 e. The third-order valence-electron chi connectivity index (χ3n) is 4.02. The quantitative estimate of drug-likeness (QED) is 0.626. The molecule has 1 amide bonds. The van der Waals surface area contributed by atoms with Gasteiger partial charge in [0, 0.05) is 11.6 Å². The summed E-state index contributed by atoms with van der Waals surface area (Å²) in [5.74, 6) is 0.754. The van der Waals surface area contributed by atoms with Gasteiger partial charge >= 0.3 is 0 Å². The molecule has 0 unspecified atom stereocenters. The van der Waals surface area contributed by atoms with Gasteiger partial charge in [0.2, 0.25) is 5.91 Å². The van der Waals surface area contributed by atoms with Crippen molar-refractivity contribution in [1.82, 2.24) is 9.88 Å². The number of nitrogens with zero attached hydrogens (tertiary/aromatic N) is 2. The summed E-state index contributed by atoms with van der Waals surface area (Å²) in [5, 5.41) is 3.90. The number of nitrogens with one attached hydrogen (secondary N) is 1. The fourth-order valence-electron chi connectivity index (χ4n) is 2.54. The van der Waals surface area contributed by atoms with E-state index < -0.39 is 0 Å². The normalized spacial score (nSPS) is 10.2. The molecule has 0 bridgehead atoms. The van der Waals surface area contributed by atoms with Crippen molar-refractivity contribution >= 4 is 47.3 Å². The second kappa shape index (κ2) is 12.7. The zero-order chi connectivity index (χ0) is 17.4. The number of carbonyl (C=O) groups excluding carboxylic acids is 1. The van der Waals surface area contributed by atoms with Gasteiger partial charge < -0.3 is 10.1 Å². The Kier molecular flexibility index (Phi) is 12.0. The number of hydrogen-bond donors (Lipinski definition) is 1. The number of pyridine rings is 1. The van der Waals surface area contributed by atoms with Crippen LogP contribution in [0.4, 0.5) is 5.69 Å². The summed E-state index contributed by atoms with van der Waals surface area (Å²) in [6.07, 6.45) is 3.85. The van der Waals surface area contributed by atoms with Gasteiger partial charge in [-0.2, -0.15) is 0 Å². The fourth-order valence-corrected chi connectivity index (χ4v) is 2.54. The van der Waals surface area contributed by atoms with Gasteiger partial charge in [0.25, 0.3) is 0 Å². The number of hydrogen-bond acceptors (Lipinski definition) is 4. The molecule has 1 aromatic carbocycles. The van der Waals surface area contributed by atoms with Crippen LogP contribution in [0.15, 0.2) is 30.5 Å². The van der Waals surface area contributed by atoms with Crippen molar-refractivity contribution in [2.75, 3.05) is 31.6 Å². The molecule has 0 atom stereocenters. The van der Waals surface area contributed by atoms with Crippen molar-refractivity contribution in [2.45, 2.75) is 33.6 Å². The number of aromatic nitrogens is 1. The van der Waals surface area contributed by atoms with E-state index in [0.717, 1.165) is 48.3 Å². The van der Waals surface area contributed by atoms with Crippen molar-refractivity contribution in [3.05, 3.63) is 30.5 Å². The topological polar surface area (TPSA) is 54.5 Å². The van der Waals surface area contributed by atoms with E-state index in [-0.39, 0.29) is 30.7 Å². The molecule has 2 rings (SSSR count). The van der Waals surface area contributed by atoms with E-state index in [1.165, 1.54) is 0 Å². The standard InChI is InChI=1S/C19H27N3O2.2ClH/c1-4-7-13-24-17-11-10-16(15-9-8-12-20-19(15)17)21-18(23)14-22(5-2)6-3;;/h8-12H,4-7,13-14H2,1-3H3,(H,21,23);2*1H. The maximum absolute atomic E-state index is 12.3. The summed E-state index contributed by atoms with van der Waals surface area (Å²) in [5.41, 5.74) is 1.56. The summed E-state index contributed by atoms with van der Waals surface area (Å²) in [6, 6.07) is 7.61. The number of likely N-dealkylation sites (N-methyl/N-ethyl adjacent to an activating group) is 1. The second-order valence-corrected chi connectivity index (χ2v) is 5.72. The van der Waals surface area contributed by atoms with E-state index in [0.29, 0.717) is 13.2 Å². The zero-order valence-electron chi connectivity index (χ0n) is 15.7. The first-order chi connectivity index (χ1) is 11.7. The van der Waals surface area contributed by atoms with E-state index in [1.54, 1.807) is 6.20 Å². The van der Waals surface area contributed by atoms with E-state index in [1.807, 2.05) is 24.3 Å². The highest BCUT2D eigenvalue weighted by Gasteiger charge is 2.12. The van der Waals surface area contributed by atoms with Crippen LogP contribution in [0.25, 0.3) is 10.9 Å². The van der Waals surface area contributed by atoms with Crippen LogP contribution in [0.2, 0.25) is 0 Å². The number of amides is 1. The monoisotopic (exact) mass is 401 g/mol. The van der Waals surface area contributed by atoms with E-state index in [9.17, 15) is 4.79 Å². The van der Waals surface area contributed by atoms with Crippen LogP contribution >= 0.6 is 24.8 Å². The Balaban J connectivity index is 0.00000312. The predicted molar refractivity (Wildman–Crippen MR) is 113 cm³/mol. The summed E-state index contributed by atoms with van der Waals surface area (Å²) >= 11 is 0. The second-order valence-electron chi connectivity index (χ2n) is 5.72. The van der Waals surface area contributed by atoms with Gasteiger partial charge in [0.05, 0.1) is 18.8 Å². The number of carbonyl (C=O) groups is 1. The number of benzene rings is 1. The zero-order valence-corrected chi connectivity index (χ0v) is 17.3. The lowest BCUT2D eigenvalue weighted by Crippen LogP contribution is -2.32. The Labute approximate surface area is 168 Å². The lowest BCUT2D eigenvalue weighted by molar-refractivity contribution is -0.117. The maximum atomic E-state index is 12.3. The highest BCUT2D eigenvalue weighted by atomic mass is 35.5. The van der Waals surface area contributed by atoms with Crippen LogP contribution in [-0.4, -0.2) is 42.0 Å². The smallest absolute Gasteiger partial charge is 0.238 e. The number of rotatable bonds is 9. The highest BCUT2D eigenvalue weighted by molar-refractivity contribution is 6.03. The minimum absolute atomic E-state index is 0. The first kappa shape index (κ1) is 24.4. The van der Waals surface area contributed by atoms with E-state index in [4.69, 9.17) is 4.74 Å². The van der Waals surface area contributed by atoms with Crippen LogP contribution in [0.5, 0.6) is 5.75 Å². The molecular weight excluding hydrogens is 373 g/mol. The third kappa shape index (κ3) is 6.63. The van der Waals surface area contributed by atoms with Gasteiger partial charge in [-0.15, -0.1) is 24.8 Å². The number of fused-ring (bicyclic) bond motifs is 1. The van der Waals surface area contributed by atoms with Crippen LogP contribution in [0, 0.1) is 0 Å². The molecule has 5 nitrogen and oxygen atoms in total. The molecule has 2 aromatic rings. The van der Waals surface area contributed by atoms with Gasteiger partial charge in [-0.25, -0.2) is 0 Å². The SMILES string of the molecule is CCCCOc1ccc(NC(=O)CN(CC)CC)c2cccnc12.Cl.Cl. The van der Waals surface area contributed by atoms with Gasteiger partial charge in [-0.3, -0.25) is 14.7 Å². The van der Waals surface area contributed by atoms with E-state index >= 15 is 0 Å². The summed E-state index contributed by atoms with van der Waals surface area (Å²) in [7, 11) is 0. The summed E-state index contributed by atoms with van der Waals surface area (Å²) in [6.45, 7) is 9.03. The van der Waals surface area contributed by atoms with Gasteiger partial charge in [-0.05, 0) is 43.8 Å². The molecule has 0 aliphatic carbocycles. The molecule has 0 saturated heterocycles. The van der Waals surface area contributed by atoms with Gasteiger partial charge in [0.15, 0.2) is 0 Å². The van der Waals surface area contributed by atoms with Gasteiger partial charge in [-0.1, -0.05) is 27.2 Å². The highest BCUT2D eigenvalue weighted by Crippen LogP contribution is 2.30. The van der Waals surface area contributed by atoms with E-state index in [2.05, 4.69) is 36.0 Å². The molecule has 26 heavy (non-hydrogen) atoms. The number of halogens is 2. The molecule has 1 N–H and O–H groups in total. The minimum atomic E-state index is -0.0106. The molecule has 7 heteroatoms. The van der Waals surface area contributed by atoms with Crippen molar-refractivity contribution in [3.63, 3.8) is 0 Å². The maximum Gasteiger partial charge on any atom is 0.238 e. The third-order valence-corrected chi connectivity index (χ3v) is 4.02. The summed E-state index contributed by atoms with van der Waals surface area (Å²) < 4.78 is 5.84. The predicted octanol–water partition coefficient (Wildman–Crippen LogP) is 4.54. The van der Waals surface area contributed by atoms with Crippen molar-refractivity contribution in [3.8, 4) is 5.75 Å². The molecule has 0 fully saturated rings. The average Bonchev–Trinajstić information content (AvgIpc) is 2.61.